The molecule has 2 aromatic rings. The number of rotatable bonds is 6. The van der Waals surface area contributed by atoms with Crippen molar-refractivity contribution in [3.8, 4) is 5.75 Å². The summed E-state index contributed by atoms with van der Waals surface area (Å²) in [7, 11) is 1.82. The lowest BCUT2D eigenvalue weighted by Crippen LogP contribution is -2.11. The minimum Gasteiger partial charge on any atom is -0.488 e. The lowest BCUT2D eigenvalue weighted by atomic mass is 10.2. The predicted octanol–water partition coefficient (Wildman–Crippen LogP) is 1.82. The maximum Gasteiger partial charge on any atom is 0.165 e. The third-order valence-corrected chi connectivity index (χ3v) is 2.57. The van der Waals surface area contributed by atoms with Gasteiger partial charge in [-0.25, -0.2) is 9.37 Å². The summed E-state index contributed by atoms with van der Waals surface area (Å²) in [6, 6.07) is 4.95. The highest BCUT2D eigenvalue weighted by molar-refractivity contribution is 5.34. The molecule has 0 aliphatic rings. The first-order chi connectivity index (χ1) is 8.81. The fraction of sp³-hybridized carbons (Fsp3) is 0.308. The minimum absolute atomic E-state index is 0.326. The van der Waals surface area contributed by atoms with Gasteiger partial charge < -0.3 is 14.6 Å². The maximum absolute atomic E-state index is 13.7. The highest BCUT2D eigenvalue weighted by Gasteiger charge is 2.08. The molecule has 0 aliphatic heterocycles. The highest BCUT2D eigenvalue weighted by Crippen LogP contribution is 2.22. The average Bonchev–Trinajstić information content (AvgIpc) is 2.86. The monoisotopic (exact) mass is 249 g/mol. The van der Waals surface area contributed by atoms with Crippen molar-refractivity contribution in [1.82, 2.24) is 14.9 Å². The fourth-order valence-electron chi connectivity index (χ4n) is 1.72. The van der Waals surface area contributed by atoms with E-state index in [1.54, 1.807) is 18.6 Å². The molecule has 0 saturated heterocycles. The summed E-state index contributed by atoms with van der Waals surface area (Å²) in [6.45, 7) is 1.64. The van der Waals surface area contributed by atoms with Crippen molar-refractivity contribution < 1.29 is 9.13 Å². The summed E-state index contributed by atoms with van der Waals surface area (Å²) in [6.07, 6.45) is 5.26. The Hall–Kier alpha value is -1.88. The first kappa shape index (κ1) is 12.6. The molecule has 0 bridgehead atoms. The van der Waals surface area contributed by atoms with Crippen molar-refractivity contribution in [2.75, 3.05) is 13.7 Å². The number of aromatic nitrogens is 2. The van der Waals surface area contributed by atoms with Crippen molar-refractivity contribution in [2.24, 2.45) is 0 Å². The zero-order chi connectivity index (χ0) is 12.8. The molecule has 1 heterocycles. The molecule has 1 N–H and O–H groups in total. The summed E-state index contributed by atoms with van der Waals surface area (Å²) < 4.78 is 21.1. The van der Waals surface area contributed by atoms with Crippen LogP contribution in [0.5, 0.6) is 5.75 Å². The molecule has 1 aromatic carbocycles. The van der Waals surface area contributed by atoms with Crippen molar-refractivity contribution in [3.05, 3.63) is 48.3 Å². The van der Waals surface area contributed by atoms with E-state index in [1.165, 1.54) is 6.07 Å². The zero-order valence-corrected chi connectivity index (χ0v) is 10.3. The van der Waals surface area contributed by atoms with E-state index >= 15 is 0 Å². The number of nitrogens with one attached hydrogen (secondary N) is 1. The standard InChI is InChI=1S/C13H16FN3O/c1-15-9-11-3-2-4-12(14)13(11)18-8-7-17-6-5-16-10-17/h2-6,10,15H,7-9H2,1H3. The van der Waals surface area contributed by atoms with Gasteiger partial charge in [-0.1, -0.05) is 12.1 Å². The molecule has 2 rings (SSSR count). The van der Waals surface area contributed by atoms with Crippen LogP contribution in [0, 0.1) is 5.82 Å². The van der Waals surface area contributed by atoms with Gasteiger partial charge in [-0.2, -0.15) is 0 Å². The summed E-state index contributed by atoms with van der Waals surface area (Å²) in [5.74, 6) is 0.000321. The second-order valence-electron chi connectivity index (χ2n) is 3.91. The summed E-state index contributed by atoms with van der Waals surface area (Å²) in [4.78, 5) is 3.94. The van der Waals surface area contributed by atoms with Gasteiger partial charge in [0.25, 0.3) is 0 Å². The molecule has 0 unspecified atom stereocenters. The highest BCUT2D eigenvalue weighted by atomic mass is 19.1. The van der Waals surface area contributed by atoms with Gasteiger partial charge in [-0.05, 0) is 13.1 Å². The van der Waals surface area contributed by atoms with Gasteiger partial charge in [0.15, 0.2) is 11.6 Å². The average molecular weight is 249 g/mol. The number of ether oxygens (including phenoxy) is 1. The fourth-order valence-corrected chi connectivity index (χ4v) is 1.72. The maximum atomic E-state index is 13.7. The van der Waals surface area contributed by atoms with E-state index in [4.69, 9.17) is 4.74 Å². The number of hydrogen-bond acceptors (Lipinski definition) is 3. The molecule has 0 spiro atoms. The number of benzene rings is 1. The molecule has 0 atom stereocenters. The number of hydrogen-bond donors (Lipinski definition) is 1. The Morgan fingerprint density at radius 1 is 1.44 bits per heavy atom. The molecule has 0 saturated carbocycles. The van der Waals surface area contributed by atoms with Gasteiger partial charge in [0.2, 0.25) is 0 Å². The van der Waals surface area contributed by atoms with E-state index in [9.17, 15) is 4.39 Å². The molecular formula is C13H16FN3O. The van der Waals surface area contributed by atoms with Crippen LogP contribution in [0.4, 0.5) is 4.39 Å². The Bertz CT molecular complexity index is 485. The molecule has 96 valence electrons. The van der Waals surface area contributed by atoms with Crippen molar-refractivity contribution in [3.63, 3.8) is 0 Å². The quantitative estimate of drug-likeness (QED) is 0.848. The minimum atomic E-state index is -0.326. The van der Waals surface area contributed by atoms with Gasteiger partial charge in [0.05, 0.1) is 12.9 Å². The number of para-hydroxylation sites is 1. The van der Waals surface area contributed by atoms with Crippen LogP contribution >= 0.6 is 0 Å². The topological polar surface area (TPSA) is 39.1 Å². The third kappa shape index (κ3) is 3.07. The van der Waals surface area contributed by atoms with Crippen LogP contribution in [0.25, 0.3) is 0 Å². The second-order valence-corrected chi connectivity index (χ2v) is 3.91. The lowest BCUT2D eigenvalue weighted by molar-refractivity contribution is 0.281. The normalized spacial score (nSPS) is 10.6. The summed E-state index contributed by atoms with van der Waals surface area (Å²) >= 11 is 0. The Balaban J connectivity index is 1.99. The van der Waals surface area contributed by atoms with Gasteiger partial charge in [0.1, 0.15) is 6.61 Å². The van der Waals surface area contributed by atoms with E-state index in [-0.39, 0.29) is 5.82 Å². The van der Waals surface area contributed by atoms with E-state index in [0.717, 1.165) is 5.56 Å². The van der Waals surface area contributed by atoms with Crippen LogP contribution in [0.15, 0.2) is 36.9 Å². The molecule has 0 aliphatic carbocycles. The van der Waals surface area contributed by atoms with Crippen molar-refractivity contribution >= 4 is 0 Å². The van der Waals surface area contributed by atoms with Gasteiger partial charge >= 0.3 is 0 Å². The molecule has 0 radical (unpaired) electrons. The van der Waals surface area contributed by atoms with Crippen LogP contribution in [0.2, 0.25) is 0 Å². The van der Waals surface area contributed by atoms with Crippen molar-refractivity contribution in [2.45, 2.75) is 13.1 Å². The Morgan fingerprint density at radius 3 is 3.06 bits per heavy atom. The van der Waals surface area contributed by atoms with E-state index in [1.807, 2.05) is 23.9 Å². The molecule has 1 aromatic heterocycles. The van der Waals surface area contributed by atoms with Crippen molar-refractivity contribution in [1.29, 1.82) is 0 Å². The van der Waals surface area contributed by atoms with Crippen LogP contribution in [-0.4, -0.2) is 23.2 Å². The Morgan fingerprint density at radius 2 is 2.33 bits per heavy atom. The van der Waals surface area contributed by atoms with E-state index in [2.05, 4.69) is 10.3 Å². The summed E-state index contributed by atoms with van der Waals surface area (Å²) in [5, 5.41) is 2.99. The first-order valence-corrected chi connectivity index (χ1v) is 5.82. The molecule has 5 heteroatoms. The lowest BCUT2D eigenvalue weighted by Gasteiger charge is -2.12. The van der Waals surface area contributed by atoms with E-state index < -0.39 is 0 Å². The SMILES string of the molecule is CNCc1cccc(F)c1OCCn1ccnc1. The molecule has 0 amide bonds. The van der Waals surface area contributed by atoms with Gasteiger partial charge in [-0.3, -0.25) is 0 Å². The van der Waals surface area contributed by atoms with Gasteiger partial charge in [-0.15, -0.1) is 0 Å². The second kappa shape index (κ2) is 6.16. The number of nitrogens with zero attached hydrogens (tertiary/aromatic N) is 2. The number of imidazole rings is 1. The van der Waals surface area contributed by atoms with Crippen LogP contribution in [-0.2, 0) is 13.1 Å². The van der Waals surface area contributed by atoms with Crippen LogP contribution in [0.3, 0.4) is 0 Å². The summed E-state index contributed by atoms with van der Waals surface area (Å²) in [5.41, 5.74) is 0.822. The number of halogens is 1. The van der Waals surface area contributed by atoms with Crippen LogP contribution in [0.1, 0.15) is 5.56 Å². The molecule has 0 fully saturated rings. The Labute approximate surface area is 105 Å². The smallest absolute Gasteiger partial charge is 0.165 e. The molecular weight excluding hydrogens is 233 g/mol. The zero-order valence-electron chi connectivity index (χ0n) is 10.3. The molecule has 4 nitrogen and oxygen atoms in total. The van der Waals surface area contributed by atoms with Crippen LogP contribution < -0.4 is 10.1 Å². The molecule has 18 heavy (non-hydrogen) atoms. The first-order valence-electron chi connectivity index (χ1n) is 5.82. The van der Waals surface area contributed by atoms with Gasteiger partial charge in [0, 0.05) is 24.5 Å². The van der Waals surface area contributed by atoms with E-state index in [0.29, 0.717) is 25.4 Å². The third-order valence-electron chi connectivity index (χ3n) is 2.57. The predicted molar refractivity (Wildman–Crippen MR) is 66.9 cm³/mol. The largest absolute Gasteiger partial charge is 0.488 e. The Kier molecular flexibility index (Phi) is 4.30.